The van der Waals surface area contributed by atoms with Crippen molar-refractivity contribution in [3.8, 4) is 0 Å². The Morgan fingerprint density at radius 1 is 1.53 bits per heavy atom. The summed E-state index contributed by atoms with van der Waals surface area (Å²) in [5.41, 5.74) is 5.41. The van der Waals surface area contributed by atoms with Crippen molar-refractivity contribution in [3.05, 3.63) is 0 Å². The molecule has 2 aliphatic heterocycles. The van der Waals surface area contributed by atoms with Crippen LogP contribution in [-0.2, 0) is 15.0 Å². The van der Waals surface area contributed by atoms with E-state index < -0.39 is 10.2 Å². The van der Waals surface area contributed by atoms with Crippen LogP contribution in [0.4, 0.5) is 0 Å². The second-order valence-corrected chi connectivity index (χ2v) is 7.13. The van der Waals surface area contributed by atoms with Gasteiger partial charge in [-0.1, -0.05) is 0 Å². The van der Waals surface area contributed by atoms with Crippen molar-refractivity contribution in [1.82, 2.24) is 13.9 Å². The molecule has 2 atom stereocenters. The van der Waals surface area contributed by atoms with Crippen molar-refractivity contribution in [2.45, 2.75) is 25.3 Å². The van der Waals surface area contributed by atoms with Crippen LogP contribution in [0.5, 0.6) is 0 Å². The molecular formula is C11H22N4O3S. The van der Waals surface area contributed by atoms with E-state index in [2.05, 4.69) is 5.32 Å². The van der Waals surface area contributed by atoms with E-state index in [9.17, 15) is 13.2 Å². The summed E-state index contributed by atoms with van der Waals surface area (Å²) >= 11 is 0. The van der Waals surface area contributed by atoms with Crippen LogP contribution in [0, 0.1) is 5.92 Å². The number of nitrogens with zero attached hydrogens (tertiary/aromatic N) is 2. The van der Waals surface area contributed by atoms with Gasteiger partial charge in [0.25, 0.3) is 10.2 Å². The average Bonchev–Trinajstić information content (AvgIpc) is 2.77. The van der Waals surface area contributed by atoms with Crippen molar-refractivity contribution in [3.63, 3.8) is 0 Å². The molecule has 8 heteroatoms. The van der Waals surface area contributed by atoms with E-state index in [-0.39, 0.29) is 17.9 Å². The second kappa shape index (κ2) is 5.74. The molecule has 19 heavy (non-hydrogen) atoms. The second-order valence-electron chi connectivity index (χ2n) is 5.14. The van der Waals surface area contributed by atoms with Crippen molar-refractivity contribution in [2.24, 2.45) is 11.7 Å². The van der Waals surface area contributed by atoms with Gasteiger partial charge >= 0.3 is 0 Å². The van der Waals surface area contributed by atoms with Gasteiger partial charge in [-0.3, -0.25) is 4.79 Å². The first kappa shape index (κ1) is 14.7. The number of carbonyl (C=O) groups is 1. The number of amides is 1. The number of hydrogen-bond donors (Lipinski definition) is 2. The van der Waals surface area contributed by atoms with Crippen LogP contribution >= 0.6 is 0 Å². The van der Waals surface area contributed by atoms with Crippen molar-refractivity contribution >= 4 is 16.1 Å². The average molecular weight is 290 g/mol. The van der Waals surface area contributed by atoms with E-state index in [0.717, 1.165) is 12.8 Å². The molecule has 1 amide bonds. The summed E-state index contributed by atoms with van der Waals surface area (Å²) in [5, 5.41) is 2.76. The molecule has 2 fully saturated rings. The van der Waals surface area contributed by atoms with Gasteiger partial charge in [-0.15, -0.1) is 0 Å². The van der Waals surface area contributed by atoms with Gasteiger partial charge in [-0.25, -0.2) is 0 Å². The highest BCUT2D eigenvalue weighted by atomic mass is 32.2. The Balaban J connectivity index is 2.13. The lowest BCUT2D eigenvalue weighted by molar-refractivity contribution is -0.123. The van der Waals surface area contributed by atoms with Gasteiger partial charge in [0.1, 0.15) is 0 Å². The van der Waals surface area contributed by atoms with Crippen molar-refractivity contribution < 1.29 is 13.2 Å². The predicted octanol–water partition coefficient (Wildman–Crippen LogP) is -1.28. The SMILES string of the molecule is CN(CCCN)S(=O)(=O)N1CCCC2C(=O)NCC21. The number of fused-ring (bicyclic) bond motifs is 1. The van der Waals surface area contributed by atoms with Gasteiger partial charge < -0.3 is 11.1 Å². The molecule has 0 spiro atoms. The number of rotatable bonds is 5. The Kier molecular flexibility index (Phi) is 4.44. The first-order valence-electron chi connectivity index (χ1n) is 6.69. The van der Waals surface area contributed by atoms with E-state index >= 15 is 0 Å². The number of hydrogen-bond acceptors (Lipinski definition) is 4. The molecular weight excluding hydrogens is 268 g/mol. The Labute approximate surface area is 114 Å². The van der Waals surface area contributed by atoms with E-state index in [1.165, 1.54) is 8.61 Å². The highest BCUT2D eigenvalue weighted by Crippen LogP contribution is 2.30. The summed E-state index contributed by atoms with van der Waals surface area (Å²) in [6.45, 7) is 1.79. The molecule has 0 bridgehead atoms. The summed E-state index contributed by atoms with van der Waals surface area (Å²) in [5.74, 6) is -0.207. The molecule has 2 unspecified atom stereocenters. The topological polar surface area (TPSA) is 95.7 Å². The van der Waals surface area contributed by atoms with Crippen LogP contribution in [0.25, 0.3) is 0 Å². The Hall–Kier alpha value is -0.700. The first-order valence-corrected chi connectivity index (χ1v) is 8.09. The largest absolute Gasteiger partial charge is 0.354 e. The molecule has 7 nitrogen and oxygen atoms in total. The third kappa shape index (κ3) is 2.76. The maximum absolute atomic E-state index is 12.5. The molecule has 0 radical (unpaired) electrons. The zero-order chi connectivity index (χ0) is 14.0. The Morgan fingerprint density at radius 2 is 2.26 bits per heavy atom. The Morgan fingerprint density at radius 3 is 2.95 bits per heavy atom. The standard InChI is InChI=1S/C11H22N4O3S/c1-14(6-3-5-12)19(17,18)15-7-2-4-9-10(15)8-13-11(9)16/h9-10H,2-8,12H2,1H3,(H,13,16). The van der Waals surface area contributed by atoms with Gasteiger partial charge in [0.15, 0.2) is 0 Å². The minimum Gasteiger partial charge on any atom is -0.354 e. The van der Waals surface area contributed by atoms with E-state index in [0.29, 0.717) is 32.6 Å². The molecule has 0 aromatic heterocycles. The van der Waals surface area contributed by atoms with Gasteiger partial charge in [-0.2, -0.15) is 17.0 Å². The molecule has 0 aliphatic carbocycles. The third-order valence-electron chi connectivity index (χ3n) is 3.92. The molecule has 110 valence electrons. The predicted molar refractivity (Wildman–Crippen MR) is 71.4 cm³/mol. The summed E-state index contributed by atoms with van der Waals surface area (Å²) in [6, 6.07) is -0.230. The fourth-order valence-electron chi connectivity index (χ4n) is 2.81. The van der Waals surface area contributed by atoms with Crippen LogP contribution < -0.4 is 11.1 Å². The quantitative estimate of drug-likeness (QED) is 0.659. The minimum absolute atomic E-state index is 0.0190. The fraction of sp³-hybridized carbons (Fsp3) is 0.909. The zero-order valence-corrected chi connectivity index (χ0v) is 12.0. The maximum atomic E-state index is 12.5. The molecule has 2 aliphatic rings. The summed E-state index contributed by atoms with van der Waals surface area (Å²) in [7, 11) is -1.92. The van der Waals surface area contributed by atoms with Gasteiger partial charge in [0.05, 0.1) is 12.0 Å². The summed E-state index contributed by atoms with van der Waals surface area (Å²) < 4.78 is 27.8. The van der Waals surface area contributed by atoms with Gasteiger partial charge in [0, 0.05) is 26.7 Å². The number of nitrogens with one attached hydrogen (secondary N) is 1. The van der Waals surface area contributed by atoms with Crippen molar-refractivity contribution in [2.75, 3.05) is 33.2 Å². The van der Waals surface area contributed by atoms with Crippen LogP contribution in [-0.4, -0.2) is 62.2 Å². The highest BCUT2D eigenvalue weighted by Gasteiger charge is 2.46. The van der Waals surface area contributed by atoms with E-state index in [1.807, 2.05) is 0 Å². The lowest BCUT2D eigenvalue weighted by atomic mass is 9.93. The normalized spacial score (nSPS) is 28.5. The lowest BCUT2D eigenvalue weighted by Gasteiger charge is -2.37. The molecule has 2 saturated heterocycles. The van der Waals surface area contributed by atoms with E-state index in [4.69, 9.17) is 5.73 Å². The number of piperidine rings is 1. The maximum Gasteiger partial charge on any atom is 0.282 e. The zero-order valence-electron chi connectivity index (χ0n) is 11.2. The van der Waals surface area contributed by atoms with Crippen molar-refractivity contribution in [1.29, 1.82) is 0 Å². The molecule has 0 aromatic carbocycles. The molecule has 2 rings (SSSR count). The molecule has 3 N–H and O–H groups in total. The monoisotopic (exact) mass is 290 g/mol. The first-order chi connectivity index (χ1) is 8.98. The van der Waals surface area contributed by atoms with Gasteiger partial charge in [0.2, 0.25) is 5.91 Å². The van der Waals surface area contributed by atoms with Crippen LogP contribution in [0.2, 0.25) is 0 Å². The number of nitrogens with two attached hydrogens (primary N) is 1. The Bertz CT molecular complexity index is 439. The van der Waals surface area contributed by atoms with Gasteiger partial charge in [-0.05, 0) is 25.8 Å². The van der Waals surface area contributed by atoms with Crippen LogP contribution in [0.15, 0.2) is 0 Å². The third-order valence-corrected chi connectivity index (χ3v) is 5.93. The van der Waals surface area contributed by atoms with Crippen LogP contribution in [0.1, 0.15) is 19.3 Å². The van der Waals surface area contributed by atoms with Crippen LogP contribution in [0.3, 0.4) is 0 Å². The van der Waals surface area contributed by atoms with E-state index in [1.54, 1.807) is 7.05 Å². The summed E-state index contributed by atoms with van der Waals surface area (Å²) in [4.78, 5) is 11.7. The fourth-order valence-corrected chi connectivity index (χ4v) is 4.45. The summed E-state index contributed by atoms with van der Waals surface area (Å²) in [6.07, 6.45) is 2.14. The molecule has 0 saturated carbocycles. The molecule has 0 aromatic rings. The number of carbonyl (C=O) groups excluding carboxylic acids is 1. The smallest absolute Gasteiger partial charge is 0.282 e. The molecule has 2 heterocycles. The minimum atomic E-state index is -3.49. The highest BCUT2D eigenvalue weighted by molar-refractivity contribution is 7.86. The lowest BCUT2D eigenvalue weighted by Crippen LogP contribution is -2.53.